The van der Waals surface area contributed by atoms with Gasteiger partial charge in [0.2, 0.25) is 0 Å². The van der Waals surface area contributed by atoms with Crippen LogP contribution >= 0.6 is 0 Å². The summed E-state index contributed by atoms with van der Waals surface area (Å²) in [5.74, 6) is 0.391. The average Bonchev–Trinajstić information content (AvgIpc) is 2.76. The highest BCUT2D eigenvalue weighted by Gasteiger charge is 2.50. The lowest BCUT2D eigenvalue weighted by Gasteiger charge is -2.50. The third kappa shape index (κ3) is 2.70. The van der Waals surface area contributed by atoms with E-state index in [4.69, 9.17) is 9.47 Å². The maximum Gasteiger partial charge on any atom is 0.0940 e. The van der Waals surface area contributed by atoms with E-state index in [0.29, 0.717) is 5.92 Å². The number of aliphatic hydroxyl groups is 1. The zero-order chi connectivity index (χ0) is 13.6. The van der Waals surface area contributed by atoms with Crippen molar-refractivity contribution < 1.29 is 14.6 Å². The molecule has 3 fully saturated rings. The van der Waals surface area contributed by atoms with E-state index in [0.717, 1.165) is 58.3 Å². The van der Waals surface area contributed by atoms with Crippen LogP contribution in [0.1, 0.15) is 58.8 Å². The van der Waals surface area contributed by atoms with Crippen LogP contribution in [0.15, 0.2) is 0 Å². The highest BCUT2D eigenvalue weighted by atomic mass is 16.6. The number of hydrogen-bond donors (Lipinski definition) is 1. The molecule has 0 radical (unpaired) electrons. The molecule has 2 aliphatic heterocycles. The van der Waals surface area contributed by atoms with Gasteiger partial charge in [-0.1, -0.05) is 20.3 Å². The van der Waals surface area contributed by atoms with Crippen LogP contribution in [0.25, 0.3) is 0 Å². The van der Waals surface area contributed by atoms with Gasteiger partial charge < -0.3 is 14.6 Å². The first-order valence-corrected chi connectivity index (χ1v) is 7.87. The average molecular weight is 268 g/mol. The maximum atomic E-state index is 11.2. The summed E-state index contributed by atoms with van der Waals surface area (Å²) in [6.07, 6.45) is 7.31. The standard InChI is InChI=1S/C16H28O3/c1-14(2)5-3-6-16(17,11-14)13-4-8-19-15(10-13)7-9-18-12-15/h13,17H,3-12H2,1-2H3. The van der Waals surface area contributed by atoms with Gasteiger partial charge >= 0.3 is 0 Å². The van der Waals surface area contributed by atoms with Crippen molar-refractivity contribution in [2.75, 3.05) is 19.8 Å². The summed E-state index contributed by atoms with van der Waals surface area (Å²) in [5, 5.41) is 11.2. The minimum absolute atomic E-state index is 0.0831. The van der Waals surface area contributed by atoms with Crippen LogP contribution in [0, 0.1) is 11.3 Å². The monoisotopic (exact) mass is 268 g/mol. The molecule has 110 valence electrons. The molecule has 0 bridgehead atoms. The number of rotatable bonds is 1. The molecule has 0 amide bonds. The summed E-state index contributed by atoms with van der Waals surface area (Å²) in [4.78, 5) is 0. The molecule has 2 heterocycles. The van der Waals surface area contributed by atoms with Crippen molar-refractivity contribution in [1.29, 1.82) is 0 Å². The van der Waals surface area contributed by atoms with Gasteiger partial charge in [0.15, 0.2) is 0 Å². The van der Waals surface area contributed by atoms with Crippen molar-refractivity contribution in [1.82, 2.24) is 0 Å². The van der Waals surface area contributed by atoms with Crippen LogP contribution in [-0.2, 0) is 9.47 Å². The van der Waals surface area contributed by atoms with Crippen LogP contribution in [0.3, 0.4) is 0 Å². The van der Waals surface area contributed by atoms with Crippen molar-refractivity contribution in [3.63, 3.8) is 0 Å². The van der Waals surface area contributed by atoms with Crippen molar-refractivity contribution in [3.8, 4) is 0 Å². The second-order valence-corrected chi connectivity index (χ2v) is 7.82. The second kappa shape index (κ2) is 4.71. The Morgan fingerprint density at radius 3 is 2.63 bits per heavy atom. The fraction of sp³-hybridized carbons (Fsp3) is 1.00. The van der Waals surface area contributed by atoms with Crippen molar-refractivity contribution in [2.45, 2.75) is 70.0 Å². The first kappa shape index (κ1) is 13.8. The largest absolute Gasteiger partial charge is 0.390 e. The molecule has 3 nitrogen and oxygen atoms in total. The van der Waals surface area contributed by atoms with E-state index in [-0.39, 0.29) is 11.0 Å². The summed E-state index contributed by atoms with van der Waals surface area (Å²) in [5.41, 5.74) is -0.272. The lowest BCUT2D eigenvalue weighted by atomic mass is 9.62. The lowest BCUT2D eigenvalue weighted by molar-refractivity contribution is -0.162. The topological polar surface area (TPSA) is 38.7 Å². The van der Waals surface area contributed by atoms with Crippen LogP contribution < -0.4 is 0 Å². The van der Waals surface area contributed by atoms with Gasteiger partial charge in [-0.3, -0.25) is 0 Å². The molecule has 3 atom stereocenters. The maximum absolute atomic E-state index is 11.2. The highest BCUT2D eigenvalue weighted by Crippen LogP contribution is 2.49. The van der Waals surface area contributed by atoms with Crippen LogP contribution in [0.2, 0.25) is 0 Å². The number of ether oxygens (including phenoxy) is 2. The normalized spacial score (nSPS) is 46.6. The zero-order valence-electron chi connectivity index (χ0n) is 12.4. The summed E-state index contributed by atoms with van der Waals surface area (Å²) >= 11 is 0. The van der Waals surface area contributed by atoms with Crippen molar-refractivity contribution >= 4 is 0 Å². The van der Waals surface area contributed by atoms with Crippen LogP contribution in [0.5, 0.6) is 0 Å². The SMILES string of the molecule is CC1(C)CCCC(O)(C2CCOC3(CCOC3)C2)C1. The summed E-state index contributed by atoms with van der Waals surface area (Å²) in [7, 11) is 0. The fourth-order valence-electron chi connectivity index (χ4n) is 4.58. The van der Waals surface area contributed by atoms with E-state index < -0.39 is 5.60 Å². The Morgan fingerprint density at radius 2 is 1.95 bits per heavy atom. The molecule has 19 heavy (non-hydrogen) atoms. The minimum atomic E-state index is -0.471. The molecule has 3 rings (SSSR count). The molecule has 2 saturated heterocycles. The summed E-state index contributed by atoms with van der Waals surface area (Å²) in [6, 6.07) is 0. The molecule has 3 unspecified atom stereocenters. The van der Waals surface area contributed by atoms with Crippen LogP contribution in [0.4, 0.5) is 0 Å². The van der Waals surface area contributed by atoms with Crippen molar-refractivity contribution in [2.24, 2.45) is 11.3 Å². The molecule has 0 aromatic rings. The Kier molecular flexibility index (Phi) is 3.43. The van der Waals surface area contributed by atoms with Gasteiger partial charge in [-0.25, -0.2) is 0 Å². The molecule has 0 aromatic heterocycles. The molecule has 1 saturated carbocycles. The minimum Gasteiger partial charge on any atom is -0.390 e. The number of hydrogen-bond acceptors (Lipinski definition) is 3. The summed E-state index contributed by atoms with van der Waals surface area (Å²) < 4.78 is 11.5. The Balaban J connectivity index is 1.73. The first-order chi connectivity index (χ1) is 8.93. The van der Waals surface area contributed by atoms with E-state index in [1.165, 1.54) is 6.42 Å². The van der Waals surface area contributed by atoms with E-state index >= 15 is 0 Å². The van der Waals surface area contributed by atoms with Gasteiger partial charge in [-0.2, -0.15) is 0 Å². The van der Waals surface area contributed by atoms with Gasteiger partial charge in [0.25, 0.3) is 0 Å². The van der Waals surface area contributed by atoms with Crippen molar-refractivity contribution in [3.05, 3.63) is 0 Å². The lowest BCUT2D eigenvalue weighted by Crippen LogP contribution is -2.52. The zero-order valence-corrected chi connectivity index (χ0v) is 12.4. The third-order valence-electron chi connectivity index (χ3n) is 5.57. The predicted octanol–water partition coefficient (Wildman–Crippen LogP) is 2.90. The smallest absolute Gasteiger partial charge is 0.0940 e. The Hall–Kier alpha value is -0.120. The molecule has 0 aromatic carbocycles. The Labute approximate surface area is 116 Å². The van der Waals surface area contributed by atoms with E-state index in [2.05, 4.69) is 13.8 Å². The molecular weight excluding hydrogens is 240 g/mol. The van der Waals surface area contributed by atoms with E-state index in [9.17, 15) is 5.11 Å². The third-order valence-corrected chi connectivity index (χ3v) is 5.57. The quantitative estimate of drug-likeness (QED) is 0.794. The molecule has 3 heteroatoms. The molecule has 1 N–H and O–H groups in total. The Bertz CT molecular complexity index is 333. The van der Waals surface area contributed by atoms with Gasteiger partial charge in [-0.15, -0.1) is 0 Å². The molecule has 1 aliphatic carbocycles. The predicted molar refractivity (Wildman–Crippen MR) is 74.0 cm³/mol. The molecule has 3 aliphatic rings. The summed E-state index contributed by atoms with van der Waals surface area (Å²) in [6.45, 7) is 6.92. The van der Waals surface area contributed by atoms with E-state index in [1.54, 1.807) is 0 Å². The Morgan fingerprint density at radius 1 is 1.11 bits per heavy atom. The van der Waals surface area contributed by atoms with Gasteiger partial charge in [0.1, 0.15) is 0 Å². The van der Waals surface area contributed by atoms with E-state index in [1.807, 2.05) is 0 Å². The fourth-order valence-corrected chi connectivity index (χ4v) is 4.58. The van der Waals surface area contributed by atoms with Gasteiger partial charge in [0.05, 0.1) is 17.8 Å². The van der Waals surface area contributed by atoms with Crippen LogP contribution in [-0.4, -0.2) is 36.1 Å². The molecular formula is C16H28O3. The molecule has 1 spiro atoms. The van der Waals surface area contributed by atoms with Gasteiger partial charge in [0, 0.05) is 19.6 Å². The second-order valence-electron chi connectivity index (χ2n) is 7.82. The first-order valence-electron chi connectivity index (χ1n) is 7.87. The van der Waals surface area contributed by atoms with Gasteiger partial charge in [-0.05, 0) is 43.4 Å². The highest BCUT2D eigenvalue weighted by molar-refractivity contribution is 5.01.